The number of carbonyl (C=O) groups is 1. The third-order valence-electron chi connectivity index (χ3n) is 3.76. The third-order valence-corrected chi connectivity index (χ3v) is 4.01. The molecule has 0 fully saturated rings. The molecule has 3 rings (SSSR count). The SMILES string of the molecule is CC(=O)OCC(Oc1ccc(Oc2ccc(Cl)cc2)cc1)c1ccccc1. The minimum absolute atomic E-state index is 0.141. The van der Waals surface area contributed by atoms with Gasteiger partial charge in [-0.2, -0.15) is 0 Å². The molecular weight excluding hydrogens is 364 g/mol. The molecule has 0 amide bonds. The van der Waals surface area contributed by atoms with Gasteiger partial charge in [-0.15, -0.1) is 0 Å². The Hall–Kier alpha value is -2.98. The number of ether oxygens (including phenoxy) is 3. The Bertz CT molecular complexity index is 861. The van der Waals surface area contributed by atoms with Gasteiger partial charge in [-0.25, -0.2) is 0 Å². The molecule has 0 radical (unpaired) electrons. The Labute approximate surface area is 163 Å². The zero-order valence-corrected chi connectivity index (χ0v) is 15.6. The van der Waals surface area contributed by atoms with E-state index < -0.39 is 6.10 Å². The van der Waals surface area contributed by atoms with E-state index in [1.54, 1.807) is 24.3 Å². The third kappa shape index (κ3) is 5.76. The second-order valence-corrected chi connectivity index (χ2v) is 6.28. The molecule has 0 aromatic heterocycles. The molecule has 0 bridgehead atoms. The van der Waals surface area contributed by atoms with E-state index in [4.69, 9.17) is 25.8 Å². The summed E-state index contributed by atoms with van der Waals surface area (Å²) >= 11 is 5.88. The molecule has 0 saturated carbocycles. The van der Waals surface area contributed by atoms with E-state index in [9.17, 15) is 4.79 Å². The van der Waals surface area contributed by atoms with Crippen molar-refractivity contribution in [2.24, 2.45) is 0 Å². The first-order chi connectivity index (χ1) is 13.1. The monoisotopic (exact) mass is 382 g/mol. The summed E-state index contributed by atoms with van der Waals surface area (Å²) in [5.74, 6) is 1.69. The van der Waals surface area contributed by atoms with Gasteiger partial charge in [0.1, 0.15) is 23.9 Å². The summed E-state index contributed by atoms with van der Waals surface area (Å²) in [6, 6.07) is 24.1. The lowest BCUT2D eigenvalue weighted by Gasteiger charge is -2.19. The average Bonchev–Trinajstić information content (AvgIpc) is 2.69. The lowest BCUT2D eigenvalue weighted by atomic mass is 10.1. The fraction of sp³-hybridized carbons (Fsp3) is 0.136. The number of rotatable bonds is 7. The van der Waals surface area contributed by atoms with E-state index in [2.05, 4.69) is 0 Å². The normalized spacial score (nSPS) is 11.5. The van der Waals surface area contributed by atoms with Gasteiger partial charge in [0.15, 0.2) is 6.10 Å². The van der Waals surface area contributed by atoms with Crippen LogP contribution in [0, 0.1) is 0 Å². The molecule has 3 aromatic carbocycles. The molecule has 3 aromatic rings. The average molecular weight is 383 g/mol. The van der Waals surface area contributed by atoms with Crippen LogP contribution in [0.3, 0.4) is 0 Å². The summed E-state index contributed by atoms with van der Waals surface area (Å²) in [6.07, 6.45) is -0.391. The molecule has 5 heteroatoms. The standard InChI is InChI=1S/C22H19ClO4/c1-16(24)25-15-22(17-5-3-2-4-6-17)27-21-13-11-20(12-14-21)26-19-9-7-18(23)8-10-19/h2-14,22H,15H2,1H3. The Kier molecular flexibility index (Phi) is 6.34. The van der Waals surface area contributed by atoms with Crippen LogP contribution in [0.1, 0.15) is 18.6 Å². The molecule has 27 heavy (non-hydrogen) atoms. The molecule has 0 saturated heterocycles. The smallest absolute Gasteiger partial charge is 0.302 e. The number of hydrogen-bond acceptors (Lipinski definition) is 4. The summed E-state index contributed by atoms with van der Waals surface area (Å²) in [5, 5.41) is 0.658. The van der Waals surface area contributed by atoms with E-state index in [1.165, 1.54) is 6.92 Å². The van der Waals surface area contributed by atoms with Gasteiger partial charge in [-0.1, -0.05) is 41.9 Å². The highest BCUT2D eigenvalue weighted by molar-refractivity contribution is 6.30. The Morgan fingerprint density at radius 2 is 1.41 bits per heavy atom. The molecule has 0 aliphatic rings. The summed E-state index contributed by atoms with van der Waals surface area (Å²) in [6.45, 7) is 1.52. The summed E-state index contributed by atoms with van der Waals surface area (Å²) in [4.78, 5) is 11.2. The molecule has 138 valence electrons. The van der Waals surface area contributed by atoms with Crippen molar-refractivity contribution in [1.29, 1.82) is 0 Å². The molecule has 0 spiro atoms. The minimum atomic E-state index is -0.391. The van der Waals surface area contributed by atoms with Crippen LogP contribution in [0.15, 0.2) is 78.9 Å². The van der Waals surface area contributed by atoms with Crippen molar-refractivity contribution in [2.75, 3.05) is 6.61 Å². The number of halogens is 1. The number of hydrogen-bond donors (Lipinski definition) is 0. The Balaban J connectivity index is 1.68. The maximum absolute atomic E-state index is 11.2. The molecular formula is C22H19ClO4. The predicted molar refractivity (Wildman–Crippen MR) is 104 cm³/mol. The minimum Gasteiger partial charge on any atom is -0.482 e. The highest BCUT2D eigenvalue weighted by Crippen LogP contribution is 2.27. The van der Waals surface area contributed by atoms with E-state index in [0.29, 0.717) is 22.3 Å². The van der Waals surface area contributed by atoms with Gasteiger partial charge in [0, 0.05) is 11.9 Å². The van der Waals surface area contributed by atoms with Crippen LogP contribution in [-0.4, -0.2) is 12.6 Å². The maximum atomic E-state index is 11.2. The van der Waals surface area contributed by atoms with Crippen LogP contribution >= 0.6 is 11.6 Å². The van der Waals surface area contributed by atoms with Crippen molar-refractivity contribution in [3.63, 3.8) is 0 Å². The number of carbonyl (C=O) groups excluding carboxylic acids is 1. The highest BCUT2D eigenvalue weighted by atomic mass is 35.5. The second kappa shape index (κ2) is 9.10. The van der Waals surface area contributed by atoms with E-state index in [1.807, 2.05) is 54.6 Å². The predicted octanol–water partition coefficient (Wildman–Crippen LogP) is 5.82. The fourth-order valence-electron chi connectivity index (χ4n) is 2.45. The molecule has 1 atom stereocenters. The molecule has 0 heterocycles. The summed E-state index contributed by atoms with van der Waals surface area (Å²) in [7, 11) is 0. The van der Waals surface area contributed by atoms with Crippen molar-refractivity contribution in [3.05, 3.63) is 89.4 Å². The van der Waals surface area contributed by atoms with Crippen LogP contribution in [0.2, 0.25) is 5.02 Å². The lowest BCUT2D eigenvalue weighted by molar-refractivity contribution is -0.143. The van der Waals surface area contributed by atoms with Crippen molar-refractivity contribution in [3.8, 4) is 17.2 Å². The van der Waals surface area contributed by atoms with Gasteiger partial charge in [0.05, 0.1) is 0 Å². The summed E-state index contributed by atoms with van der Waals surface area (Å²) < 4.78 is 16.9. The van der Waals surface area contributed by atoms with Crippen molar-refractivity contribution in [2.45, 2.75) is 13.0 Å². The van der Waals surface area contributed by atoms with Crippen LogP contribution < -0.4 is 9.47 Å². The lowest BCUT2D eigenvalue weighted by Crippen LogP contribution is -2.16. The van der Waals surface area contributed by atoms with E-state index in [0.717, 1.165) is 5.56 Å². The first-order valence-electron chi connectivity index (χ1n) is 8.48. The van der Waals surface area contributed by atoms with Gasteiger partial charge < -0.3 is 14.2 Å². The number of esters is 1. The zero-order chi connectivity index (χ0) is 19.1. The molecule has 0 N–H and O–H groups in total. The first-order valence-corrected chi connectivity index (χ1v) is 8.86. The van der Waals surface area contributed by atoms with Gasteiger partial charge in [-0.3, -0.25) is 4.79 Å². The van der Waals surface area contributed by atoms with Gasteiger partial charge in [0.2, 0.25) is 0 Å². The fourth-order valence-corrected chi connectivity index (χ4v) is 2.57. The van der Waals surface area contributed by atoms with Crippen molar-refractivity contribution < 1.29 is 19.0 Å². The topological polar surface area (TPSA) is 44.8 Å². The van der Waals surface area contributed by atoms with Crippen LogP contribution in [0.4, 0.5) is 0 Å². The van der Waals surface area contributed by atoms with Gasteiger partial charge in [0.25, 0.3) is 0 Å². The molecule has 1 unspecified atom stereocenters. The van der Waals surface area contributed by atoms with Gasteiger partial charge >= 0.3 is 5.97 Å². The van der Waals surface area contributed by atoms with Crippen molar-refractivity contribution in [1.82, 2.24) is 0 Å². The number of benzene rings is 3. The van der Waals surface area contributed by atoms with Crippen LogP contribution in [0.5, 0.6) is 17.2 Å². The molecule has 0 aliphatic heterocycles. The van der Waals surface area contributed by atoms with E-state index >= 15 is 0 Å². The highest BCUT2D eigenvalue weighted by Gasteiger charge is 2.15. The molecule has 4 nitrogen and oxygen atoms in total. The largest absolute Gasteiger partial charge is 0.482 e. The van der Waals surface area contributed by atoms with Gasteiger partial charge in [-0.05, 0) is 54.1 Å². The van der Waals surface area contributed by atoms with Crippen LogP contribution in [0.25, 0.3) is 0 Å². The first kappa shape index (κ1) is 18.8. The van der Waals surface area contributed by atoms with E-state index in [-0.39, 0.29) is 12.6 Å². The van der Waals surface area contributed by atoms with Crippen molar-refractivity contribution >= 4 is 17.6 Å². The molecule has 0 aliphatic carbocycles. The Morgan fingerprint density at radius 1 is 0.852 bits per heavy atom. The Morgan fingerprint density at radius 3 is 2.00 bits per heavy atom. The van der Waals surface area contributed by atoms with Crippen LogP contribution in [-0.2, 0) is 9.53 Å². The zero-order valence-electron chi connectivity index (χ0n) is 14.8. The maximum Gasteiger partial charge on any atom is 0.302 e. The quantitative estimate of drug-likeness (QED) is 0.483. The summed E-state index contributed by atoms with van der Waals surface area (Å²) in [5.41, 5.74) is 0.931. The second-order valence-electron chi connectivity index (χ2n) is 5.85.